The smallest absolute Gasteiger partial charge is 0.331 e. The number of rotatable bonds is 8. The van der Waals surface area contributed by atoms with Crippen molar-refractivity contribution in [3.8, 4) is 0 Å². The highest BCUT2D eigenvalue weighted by Gasteiger charge is 2.10. The molecule has 0 unspecified atom stereocenters. The van der Waals surface area contributed by atoms with Gasteiger partial charge >= 0.3 is 5.97 Å². The third-order valence-corrected chi connectivity index (χ3v) is 3.57. The Kier molecular flexibility index (Phi) is 7.11. The first-order chi connectivity index (χ1) is 12.8. The molecule has 0 aliphatic heterocycles. The van der Waals surface area contributed by atoms with Gasteiger partial charge < -0.3 is 14.5 Å². The first-order valence-corrected chi connectivity index (χ1v) is 8.68. The molecule has 2 aromatic rings. The highest BCUT2D eigenvalue weighted by Crippen LogP contribution is 2.12. The predicted octanol–water partition coefficient (Wildman–Crippen LogP) is 4.01. The minimum absolute atomic E-state index is 0.0726. The zero-order chi connectivity index (χ0) is 19.8. The van der Waals surface area contributed by atoms with Crippen LogP contribution in [0.5, 0.6) is 0 Å². The van der Waals surface area contributed by atoms with E-state index in [0.29, 0.717) is 23.4 Å². The van der Waals surface area contributed by atoms with Crippen LogP contribution in [-0.2, 0) is 14.3 Å². The van der Waals surface area contributed by atoms with Crippen molar-refractivity contribution in [1.29, 1.82) is 0 Å². The van der Waals surface area contributed by atoms with E-state index in [1.807, 2.05) is 13.8 Å². The summed E-state index contributed by atoms with van der Waals surface area (Å²) in [6.07, 6.45) is 3.12. The first-order valence-electron chi connectivity index (χ1n) is 8.68. The SMILES string of the molecule is Cc1ccc(C=CC(=O)OCC(=O)c2ccc(NC(=O)CC(C)C)cc2)o1. The third kappa shape index (κ3) is 6.93. The molecule has 0 fully saturated rings. The summed E-state index contributed by atoms with van der Waals surface area (Å²) in [5, 5.41) is 2.77. The second-order valence-corrected chi connectivity index (χ2v) is 6.54. The predicted molar refractivity (Wildman–Crippen MR) is 102 cm³/mol. The second-order valence-electron chi connectivity index (χ2n) is 6.54. The zero-order valence-corrected chi connectivity index (χ0v) is 15.7. The summed E-state index contributed by atoms with van der Waals surface area (Å²) < 4.78 is 10.2. The molecule has 0 aliphatic carbocycles. The molecule has 1 amide bonds. The van der Waals surface area contributed by atoms with Gasteiger partial charge in [-0.2, -0.15) is 0 Å². The lowest BCUT2D eigenvalue weighted by Gasteiger charge is -2.08. The number of carbonyl (C=O) groups excluding carboxylic acids is 3. The van der Waals surface area contributed by atoms with Gasteiger partial charge in [0.25, 0.3) is 0 Å². The molecular weight excluding hydrogens is 346 g/mol. The molecule has 27 heavy (non-hydrogen) atoms. The molecule has 1 aromatic heterocycles. The number of benzene rings is 1. The largest absolute Gasteiger partial charge is 0.462 e. The lowest BCUT2D eigenvalue weighted by atomic mass is 10.1. The number of anilines is 1. The van der Waals surface area contributed by atoms with Gasteiger partial charge in [-0.25, -0.2) is 4.79 Å². The molecule has 0 saturated heterocycles. The number of ether oxygens (including phenoxy) is 1. The van der Waals surface area contributed by atoms with E-state index in [0.717, 1.165) is 5.76 Å². The van der Waals surface area contributed by atoms with E-state index >= 15 is 0 Å². The fraction of sp³-hybridized carbons (Fsp3) is 0.286. The van der Waals surface area contributed by atoms with Gasteiger partial charge in [-0.3, -0.25) is 9.59 Å². The highest BCUT2D eigenvalue weighted by molar-refractivity contribution is 5.99. The maximum absolute atomic E-state index is 12.1. The van der Waals surface area contributed by atoms with E-state index in [-0.39, 0.29) is 24.2 Å². The Morgan fingerprint density at radius 3 is 2.41 bits per heavy atom. The number of ketones is 1. The molecule has 0 saturated carbocycles. The van der Waals surface area contributed by atoms with Gasteiger partial charge in [0.05, 0.1) is 0 Å². The van der Waals surface area contributed by atoms with E-state index in [9.17, 15) is 14.4 Å². The Labute approximate surface area is 158 Å². The number of hydrogen-bond donors (Lipinski definition) is 1. The summed E-state index contributed by atoms with van der Waals surface area (Å²) in [7, 11) is 0. The fourth-order valence-corrected chi connectivity index (χ4v) is 2.28. The zero-order valence-electron chi connectivity index (χ0n) is 15.7. The maximum atomic E-state index is 12.1. The van der Waals surface area contributed by atoms with Gasteiger partial charge in [0, 0.05) is 23.7 Å². The number of aryl methyl sites for hydroxylation is 1. The third-order valence-electron chi connectivity index (χ3n) is 3.57. The van der Waals surface area contributed by atoms with Crippen molar-refractivity contribution in [2.75, 3.05) is 11.9 Å². The summed E-state index contributed by atoms with van der Waals surface area (Å²) in [5.41, 5.74) is 1.01. The monoisotopic (exact) mass is 369 g/mol. The number of nitrogens with one attached hydrogen (secondary N) is 1. The average molecular weight is 369 g/mol. The number of carbonyl (C=O) groups is 3. The standard InChI is InChI=1S/C21H23NO5/c1-14(2)12-20(24)22-17-7-5-16(6-8-17)19(23)13-26-21(25)11-10-18-9-4-15(3)27-18/h4-11,14H,12-13H2,1-3H3,(H,22,24). The second kappa shape index (κ2) is 9.52. The molecule has 0 radical (unpaired) electrons. The van der Waals surface area contributed by atoms with Crippen molar-refractivity contribution < 1.29 is 23.5 Å². The van der Waals surface area contributed by atoms with E-state index < -0.39 is 5.97 Å². The molecule has 0 spiro atoms. The van der Waals surface area contributed by atoms with E-state index in [4.69, 9.17) is 9.15 Å². The quantitative estimate of drug-likeness (QED) is 0.432. The maximum Gasteiger partial charge on any atom is 0.331 e. The Bertz CT molecular complexity index is 831. The molecule has 6 heteroatoms. The van der Waals surface area contributed by atoms with Crippen molar-refractivity contribution in [3.05, 3.63) is 59.6 Å². The van der Waals surface area contributed by atoms with Crippen molar-refractivity contribution >= 4 is 29.4 Å². The minimum atomic E-state index is -0.630. The van der Waals surface area contributed by atoms with Crippen LogP contribution in [0.1, 0.15) is 42.1 Å². The Hall–Kier alpha value is -3.15. The van der Waals surface area contributed by atoms with Crippen LogP contribution in [0.25, 0.3) is 6.08 Å². The molecule has 0 bridgehead atoms. The summed E-state index contributed by atoms with van der Waals surface area (Å²) >= 11 is 0. The van der Waals surface area contributed by atoms with E-state index in [2.05, 4.69) is 5.32 Å². The fourth-order valence-electron chi connectivity index (χ4n) is 2.28. The Balaban J connectivity index is 1.82. The lowest BCUT2D eigenvalue weighted by Crippen LogP contribution is -2.14. The van der Waals surface area contributed by atoms with Crippen molar-refractivity contribution in [2.45, 2.75) is 27.2 Å². The molecule has 0 atom stereocenters. The molecule has 142 valence electrons. The Morgan fingerprint density at radius 2 is 1.81 bits per heavy atom. The highest BCUT2D eigenvalue weighted by atomic mass is 16.5. The van der Waals surface area contributed by atoms with Gasteiger partial charge in [-0.15, -0.1) is 0 Å². The van der Waals surface area contributed by atoms with Crippen LogP contribution in [0.2, 0.25) is 0 Å². The molecule has 1 N–H and O–H groups in total. The molecule has 1 aromatic carbocycles. The summed E-state index contributed by atoms with van der Waals surface area (Å²) in [6.45, 7) is 5.37. The average Bonchev–Trinajstić information content (AvgIpc) is 3.03. The van der Waals surface area contributed by atoms with Crippen LogP contribution >= 0.6 is 0 Å². The normalized spacial score (nSPS) is 11.0. The van der Waals surface area contributed by atoms with E-state index in [1.54, 1.807) is 43.3 Å². The summed E-state index contributed by atoms with van der Waals surface area (Å²) in [6, 6.07) is 9.97. The summed E-state index contributed by atoms with van der Waals surface area (Å²) in [4.78, 5) is 35.5. The van der Waals surface area contributed by atoms with Crippen LogP contribution in [0, 0.1) is 12.8 Å². The topological polar surface area (TPSA) is 85.6 Å². The number of esters is 1. The van der Waals surface area contributed by atoms with Crippen LogP contribution in [0.15, 0.2) is 46.9 Å². The minimum Gasteiger partial charge on any atom is -0.462 e. The molecule has 2 rings (SSSR count). The number of hydrogen-bond acceptors (Lipinski definition) is 5. The van der Waals surface area contributed by atoms with Crippen molar-refractivity contribution in [2.24, 2.45) is 5.92 Å². The number of amides is 1. The van der Waals surface area contributed by atoms with Gasteiger partial charge in [0.15, 0.2) is 12.4 Å². The van der Waals surface area contributed by atoms with E-state index in [1.165, 1.54) is 12.2 Å². The van der Waals surface area contributed by atoms with Crippen LogP contribution in [0.3, 0.4) is 0 Å². The molecular formula is C21H23NO5. The number of furan rings is 1. The van der Waals surface area contributed by atoms with Crippen LogP contribution < -0.4 is 5.32 Å². The van der Waals surface area contributed by atoms with Gasteiger partial charge in [-0.05, 0) is 55.3 Å². The lowest BCUT2D eigenvalue weighted by molar-refractivity contribution is -0.136. The molecule has 1 heterocycles. The van der Waals surface area contributed by atoms with Crippen LogP contribution in [-0.4, -0.2) is 24.3 Å². The number of Topliss-reactive ketones (excluding diaryl/α,β-unsaturated/α-hetero) is 1. The van der Waals surface area contributed by atoms with Gasteiger partial charge in [0.2, 0.25) is 5.91 Å². The van der Waals surface area contributed by atoms with Crippen molar-refractivity contribution in [3.63, 3.8) is 0 Å². The molecule has 0 aliphatic rings. The van der Waals surface area contributed by atoms with Gasteiger partial charge in [0.1, 0.15) is 11.5 Å². The van der Waals surface area contributed by atoms with Gasteiger partial charge in [-0.1, -0.05) is 13.8 Å². The first kappa shape index (κ1) is 20.2. The molecule has 6 nitrogen and oxygen atoms in total. The summed E-state index contributed by atoms with van der Waals surface area (Å²) in [5.74, 6) is 0.511. The van der Waals surface area contributed by atoms with Crippen LogP contribution in [0.4, 0.5) is 5.69 Å². The Morgan fingerprint density at radius 1 is 1.11 bits per heavy atom. The van der Waals surface area contributed by atoms with Crippen molar-refractivity contribution in [1.82, 2.24) is 0 Å².